The molecule has 0 saturated carbocycles. The number of ether oxygens (including phenoxy) is 1. The first-order valence-electron chi connectivity index (χ1n) is 6.94. The van der Waals surface area contributed by atoms with Gasteiger partial charge in [-0.05, 0) is 37.1 Å². The Morgan fingerprint density at radius 2 is 2.14 bits per heavy atom. The molecule has 3 rings (SSSR count). The molecular formula is C15H17N3O3. The Hall–Kier alpha value is -2.37. The molecule has 0 spiro atoms. The van der Waals surface area contributed by atoms with Gasteiger partial charge in [0.15, 0.2) is 0 Å². The summed E-state index contributed by atoms with van der Waals surface area (Å²) in [6.07, 6.45) is 1.83. The summed E-state index contributed by atoms with van der Waals surface area (Å²) in [6, 6.07) is 7.36. The molecule has 110 valence electrons. The van der Waals surface area contributed by atoms with E-state index < -0.39 is 0 Å². The number of hydrogen-bond acceptors (Lipinski definition) is 5. The van der Waals surface area contributed by atoms with E-state index in [1.54, 1.807) is 18.9 Å². The molecule has 1 fully saturated rings. The van der Waals surface area contributed by atoms with Gasteiger partial charge in [0.25, 0.3) is 0 Å². The van der Waals surface area contributed by atoms with Crippen LogP contribution in [0.2, 0.25) is 0 Å². The van der Waals surface area contributed by atoms with E-state index >= 15 is 0 Å². The molecule has 0 radical (unpaired) electrons. The lowest BCUT2D eigenvalue weighted by atomic mass is 10.2. The summed E-state index contributed by atoms with van der Waals surface area (Å²) in [5, 5.41) is 4.02. The number of aromatic nitrogens is 2. The van der Waals surface area contributed by atoms with Crippen LogP contribution >= 0.6 is 0 Å². The van der Waals surface area contributed by atoms with Gasteiger partial charge in [-0.25, -0.2) is 0 Å². The zero-order valence-corrected chi connectivity index (χ0v) is 12.1. The first-order chi connectivity index (χ1) is 10.2. The van der Waals surface area contributed by atoms with E-state index in [9.17, 15) is 4.79 Å². The quantitative estimate of drug-likeness (QED) is 0.867. The van der Waals surface area contributed by atoms with Crippen LogP contribution in [0.3, 0.4) is 0 Å². The molecule has 1 aliphatic rings. The largest absolute Gasteiger partial charge is 0.497 e. The van der Waals surface area contributed by atoms with E-state index in [0.717, 1.165) is 30.7 Å². The maximum Gasteiger partial charge on any atom is 0.249 e. The van der Waals surface area contributed by atoms with Crippen molar-refractivity contribution in [1.82, 2.24) is 15.0 Å². The van der Waals surface area contributed by atoms with Crippen LogP contribution in [-0.2, 0) is 4.79 Å². The van der Waals surface area contributed by atoms with Gasteiger partial charge in [-0.2, -0.15) is 4.98 Å². The molecule has 0 bridgehead atoms. The van der Waals surface area contributed by atoms with Crippen LogP contribution in [0.15, 0.2) is 28.8 Å². The number of hydrogen-bond donors (Lipinski definition) is 0. The van der Waals surface area contributed by atoms with Gasteiger partial charge in [0, 0.05) is 19.0 Å². The molecule has 1 aromatic heterocycles. The van der Waals surface area contributed by atoms with Crippen LogP contribution in [0, 0.1) is 0 Å². The minimum absolute atomic E-state index is 0.0432. The minimum Gasteiger partial charge on any atom is -0.497 e. The van der Waals surface area contributed by atoms with Gasteiger partial charge in [0.2, 0.25) is 17.6 Å². The Morgan fingerprint density at radius 1 is 1.38 bits per heavy atom. The van der Waals surface area contributed by atoms with Crippen LogP contribution < -0.4 is 4.74 Å². The molecule has 2 aromatic rings. The highest BCUT2D eigenvalue weighted by Gasteiger charge is 2.32. The average molecular weight is 287 g/mol. The molecule has 2 heterocycles. The fourth-order valence-electron chi connectivity index (χ4n) is 2.63. The fraction of sp³-hybridized carbons (Fsp3) is 0.400. The van der Waals surface area contributed by atoms with Gasteiger partial charge >= 0.3 is 0 Å². The molecule has 1 atom stereocenters. The third kappa shape index (κ3) is 2.61. The van der Waals surface area contributed by atoms with E-state index in [1.807, 2.05) is 24.3 Å². The first kappa shape index (κ1) is 13.6. The Morgan fingerprint density at radius 3 is 2.81 bits per heavy atom. The second kappa shape index (κ2) is 5.55. The van der Waals surface area contributed by atoms with E-state index in [4.69, 9.17) is 9.26 Å². The number of carbonyl (C=O) groups excluding carboxylic acids is 1. The molecular weight excluding hydrogens is 270 g/mol. The Kier molecular flexibility index (Phi) is 3.60. The number of rotatable bonds is 3. The standard InChI is InChI=1S/C15H17N3O3/c1-10(19)18-9-3-4-13(18)15-16-14(17-21-15)11-5-7-12(20-2)8-6-11/h5-8,13H,3-4,9H2,1-2H3. The van der Waals surface area contributed by atoms with E-state index in [0.29, 0.717) is 11.7 Å². The summed E-state index contributed by atoms with van der Waals surface area (Å²) in [4.78, 5) is 17.8. The predicted octanol–water partition coefficient (Wildman–Crippen LogP) is 2.43. The Balaban J connectivity index is 1.84. The zero-order chi connectivity index (χ0) is 14.8. The van der Waals surface area contributed by atoms with Gasteiger partial charge in [-0.15, -0.1) is 0 Å². The first-order valence-corrected chi connectivity index (χ1v) is 6.94. The van der Waals surface area contributed by atoms with E-state index in [2.05, 4.69) is 10.1 Å². The molecule has 0 aliphatic carbocycles. The minimum atomic E-state index is -0.0954. The normalized spacial score (nSPS) is 18.0. The van der Waals surface area contributed by atoms with Gasteiger partial charge in [0.05, 0.1) is 7.11 Å². The smallest absolute Gasteiger partial charge is 0.249 e. The number of amides is 1. The molecule has 6 nitrogen and oxygen atoms in total. The molecule has 1 unspecified atom stereocenters. The van der Waals surface area contributed by atoms with Crippen LogP contribution in [0.4, 0.5) is 0 Å². The van der Waals surface area contributed by atoms with Gasteiger partial charge in [-0.3, -0.25) is 4.79 Å². The number of benzene rings is 1. The van der Waals surface area contributed by atoms with Crippen molar-refractivity contribution in [1.29, 1.82) is 0 Å². The van der Waals surface area contributed by atoms with Crippen LogP contribution in [0.1, 0.15) is 31.7 Å². The van der Waals surface area contributed by atoms with Gasteiger partial charge < -0.3 is 14.2 Å². The molecule has 21 heavy (non-hydrogen) atoms. The summed E-state index contributed by atoms with van der Waals surface area (Å²) in [7, 11) is 1.62. The summed E-state index contributed by atoms with van der Waals surface area (Å²) in [5.74, 6) is 1.86. The van der Waals surface area contributed by atoms with Crippen molar-refractivity contribution in [2.45, 2.75) is 25.8 Å². The van der Waals surface area contributed by atoms with Gasteiger partial charge in [0.1, 0.15) is 11.8 Å². The highest BCUT2D eigenvalue weighted by Crippen LogP contribution is 2.32. The molecule has 0 N–H and O–H groups in total. The second-order valence-corrected chi connectivity index (χ2v) is 5.06. The molecule has 1 amide bonds. The average Bonchev–Trinajstić information content (AvgIpc) is 3.16. The molecule has 1 aliphatic heterocycles. The van der Waals surface area contributed by atoms with Crippen molar-refractivity contribution in [2.24, 2.45) is 0 Å². The maximum atomic E-state index is 11.6. The van der Waals surface area contributed by atoms with Crippen molar-refractivity contribution in [2.75, 3.05) is 13.7 Å². The third-order valence-corrected chi connectivity index (χ3v) is 3.73. The Labute approximate surface area is 122 Å². The number of nitrogens with zero attached hydrogens (tertiary/aromatic N) is 3. The highest BCUT2D eigenvalue weighted by molar-refractivity contribution is 5.74. The number of likely N-dealkylation sites (tertiary alicyclic amines) is 1. The van der Waals surface area contributed by atoms with Crippen LogP contribution in [-0.4, -0.2) is 34.6 Å². The zero-order valence-electron chi connectivity index (χ0n) is 12.1. The number of carbonyl (C=O) groups is 1. The fourth-order valence-corrected chi connectivity index (χ4v) is 2.63. The topological polar surface area (TPSA) is 68.5 Å². The lowest BCUT2D eigenvalue weighted by molar-refractivity contribution is -0.130. The van der Waals surface area contributed by atoms with Crippen LogP contribution in [0.5, 0.6) is 5.75 Å². The van der Waals surface area contributed by atoms with E-state index in [-0.39, 0.29) is 11.9 Å². The summed E-state index contributed by atoms with van der Waals surface area (Å²) < 4.78 is 10.5. The van der Waals surface area contributed by atoms with Crippen molar-refractivity contribution in [3.8, 4) is 17.1 Å². The lowest BCUT2D eigenvalue weighted by Crippen LogP contribution is -2.28. The van der Waals surface area contributed by atoms with Crippen molar-refractivity contribution < 1.29 is 14.1 Å². The molecule has 1 aromatic carbocycles. The third-order valence-electron chi connectivity index (χ3n) is 3.73. The lowest BCUT2D eigenvalue weighted by Gasteiger charge is -2.19. The summed E-state index contributed by atoms with van der Waals surface area (Å²) in [5.41, 5.74) is 0.859. The van der Waals surface area contributed by atoms with Crippen LogP contribution in [0.25, 0.3) is 11.4 Å². The summed E-state index contributed by atoms with van der Waals surface area (Å²) in [6.45, 7) is 2.32. The highest BCUT2D eigenvalue weighted by atomic mass is 16.5. The molecule has 6 heteroatoms. The monoisotopic (exact) mass is 287 g/mol. The predicted molar refractivity (Wildman–Crippen MR) is 75.6 cm³/mol. The second-order valence-electron chi connectivity index (χ2n) is 5.06. The maximum absolute atomic E-state index is 11.6. The number of methoxy groups -OCH3 is 1. The van der Waals surface area contributed by atoms with E-state index in [1.165, 1.54) is 0 Å². The summed E-state index contributed by atoms with van der Waals surface area (Å²) >= 11 is 0. The Bertz CT molecular complexity index is 636. The van der Waals surface area contributed by atoms with Crippen molar-refractivity contribution >= 4 is 5.91 Å². The molecule has 1 saturated heterocycles. The van der Waals surface area contributed by atoms with Gasteiger partial charge in [-0.1, -0.05) is 5.16 Å². The SMILES string of the molecule is COc1ccc(-c2noc(C3CCCN3C(C)=O)n2)cc1. The van der Waals surface area contributed by atoms with Crippen molar-refractivity contribution in [3.05, 3.63) is 30.2 Å². The van der Waals surface area contributed by atoms with Crippen molar-refractivity contribution in [3.63, 3.8) is 0 Å².